The van der Waals surface area contributed by atoms with Gasteiger partial charge in [0.25, 0.3) is 0 Å². The number of aryl methyl sites for hydroxylation is 1. The molecule has 1 atom stereocenters. The zero-order chi connectivity index (χ0) is 13.4. The van der Waals surface area contributed by atoms with Crippen LogP contribution in [0.2, 0.25) is 0 Å². The van der Waals surface area contributed by atoms with E-state index in [4.69, 9.17) is 15.2 Å². The standard InChI is InChI=1S/C15H25NO2/c1-4-13-8-9-14(15(11-13)17-3)18-10-6-5-7-12(2)16/h8-9,11-12H,4-7,10,16H2,1-3H3. The highest BCUT2D eigenvalue weighted by Gasteiger charge is 2.05. The minimum atomic E-state index is 0.281. The highest BCUT2D eigenvalue weighted by Crippen LogP contribution is 2.28. The van der Waals surface area contributed by atoms with Gasteiger partial charge < -0.3 is 15.2 Å². The van der Waals surface area contributed by atoms with Crippen molar-refractivity contribution in [3.05, 3.63) is 23.8 Å². The lowest BCUT2D eigenvalue weighted by Crippen LogP contribution is -2.14. The molecule has 1 aromatic carbocycles. The fraction of sp³-hybridized carbons (Fsp3) is 0.600. The number of methoxy groups -OCH3 is 1. The second kappa shape index (κ2) is 7.98. The number of hydrogen-bond donors (Lipinski definition) is 1. The van der Waals surface area contributed by atoms with Crippen molar-refractivity contribution >= 4 is 0 Å². The molecule has 0 aliphatic rings. The number of benzene rings is 1. The molecule has 3 nitrogen and oxygen atoms in total. The fourth-order valence-corrected chi connectivity index (χ4v) is 1.80. The summed E-state index contributed by atoms with van der Waals surface area (Å²) in [5.41, 5.74) is 6.96. The molecule has 102 valence electrons. The Labute approximate surface area is 110 Å². The smallest absolute Gasteiger partial charge is 0.161 e. The molecule has 0 aliphatic heterocycles. The van der Waals surface area contributed by atoms with E-state index in [-0.39, 0.29) is 6.04 Å². The van der Waals surface area contributed by atoms with E-state index in [0.29, 0.717) is 6.61 Å². The van der Waals surface area contributed by atoms with Gasteiger partial charge in [-0.2, -0.15) is 0 Å². The van der Waals surface area contributed by atoms with Crippen molar-refractivity contribution in [2.75, 3.05) is 13.7 Å². The second-order valence-corrected chi connectivity index (χ2v) is 4.66. The lowest BCUT2D eigenvalue weighted by atomic mass is 10.1. The molecule has 0 saturated carbocycles. The predicted molar refractivity (Wildman–Crippen MR) is 75.4 cm³/mol. The first-order valence-corrected chi connectivity index (χ1v) is 6.72. The van der Waals surface area contributed by atoms with Crippen LogP contribution in [0.5, 0.6) is 11.5 Å². The number of rotatable bonds is 8. The van der Waals surface area contributed by atoms with Crippen LogP contribution in [0.15, 0.2) is 18.2 Å². The van der Waals surface area contributed by atoms with Crippen LogP contribution in [-0.2, 0) is 6.42 Å². The third kappa shape index (κ3) is 4.96. The van der Waals surface area contributed by atoms with Gasteiger partial charge in [0, 0.05) is 6.04 Å². The molecule has 0 amide bonds. The summed E-state index contributed by atoms with van der Waals surface area (Å²) in [5.74, 6) is 1.65. The molecule has 0 aromatic heterocycles. The first kappa shape index (κ1) is 14.8. The summed E-state index contributed by atoms with van der Waals surface area (Å²) in [5, 5.41) is 0. The van der Waals surface area contributed by atoms with Crippen LogP contribution in [0.25, 0.3) is 0 Å². The zero-order valence-corrected chi connectivity index (χ0v) is 11.7. The van der Waals surface area contributed by atoms with Gasteiger partial charge in [-0.1, -0.05) is 13.0 Å². The Morgan fingerprint density at radius 3 is 2.61 bits per heavy atom. The Balaban J connectivity index is 2.41. The van der Waals surface area contributed by atoms with E-state index in [2.05, 4.69) is 13.0 Å². The van der Waals surface area contributed by atoms with Crippen LogP contribution in [0, 0.1) is 0 Å². The van der Waals surface area contributed by atoms with E-state index < -0.39 is 0 Å². The van der Waals surface area contributed by atoms with Gasteiger partial charge in [-0.15, -0.1) is 0 Å². The topological polar surface area (TPSA) is 44.5 Å². The van der Waals surface area contributed by atoms with Crippen molar-refractivity contribution in [1.82, 2.24) is 0 Å². The van der Waals surface area contributed by atoms with Gasteiger partial charge in [0.15, 0.2) is 11.5 Å². The Morgan fingerprint density at radius 2 is 2.00 bits per heavy atom. The second-order valence-electron chi connectivity index (χ2n) is 4.66. The first-order chi connectivity index (χ1) is 8.67. The Morgan fingerprint density at radius 1 is 1.22 bits per heavy atom. The molecule has 18 heavy (non-hydrogen) atoms. The Kier molecular flexibility index (Phi) is 6.58. The van der Waals surface area contributed by atoms with Gasteiger partial charge in [0.1, 0.15) is 0 Å². The zero-order valence-electron chi connectivity index (χ0n) is 11.7. The predicted octanol–water partition coefficient (Wildman–Crippen LogP) is 3.15. The third-order valence-corrected chi connectivity index (χ3v) is 2.95. The van der Waals surface area contributed by atoms with Gasteiger partial charge >= 0.3 is 0 Å². The van der Waals surface area contributed by atoms with Gasteiger partial charge in [-0.3, -0.25) is 0 Å². The molecule has 2 N–H and O–H groups in total. The largest absolute Gasteiger partial charge is 0.493 e. The lowest BCUT2D eigenvalue weighted by Gasteiger charge is -2.12. The minimum Gasteiger partial charge on any atom is -0.493 e. The molecule has 0 saturated heterocycles. The highest BCUT2D eigenvalue weighted by molar-refractivity contribution is 5.42. The van der Waals surface area contributed by atoms with E-state index >= 15 is 0 Å². The van der Waals surface area contributed by atoms with Gasteiger partial charge in [-0.05, 0) is 50.3 Å². The molecule has 0 heterocycles. The molecule has 3 heteroatoms. The van der Waals surface area contributed by atoms with Crippen molar-refractivity contribution in [2.45, 2.75) is 45.6 Å². The summed E-state index contributed by atoms with van der Waals surface area (Å²) < 4.78 is 11.1. The van der Waals surface area contributed by atoms with Gasteiger partial charge in [-0.25, -0.2) is 0 Å². The molecule has 0 spiro atoms. The summed E-state index contributed by atoms with van der Waals surface area (Å²) >= 11 is 0. The number of ether oxygens (including phenoxy) is 2. The molecular formula is C15H25NO2. The summed E-state index contributed by atoms with van der Waals surface area (Å²) in [4.78, 5) is 0. The van der Waals surface area contributed by atoms with E-state index in [1.54, 1.807) is 7.11 Å². The van der Waals surface area contributed by atoms with Crippen LogP contribution in [0.4, 0.5) is 0 Å². The normalized spacial score (nSPS) is 12.2. The van der Waals surface area contributed by atoms with Gasteiger partial charge in [0.2, 0.25) is 0 Å². The monoisotopic (exact) mass is 251 g/mol. The molecule has 1 rings (SSSR count). The SMILES string of the molecule is CCc1ccc(OCCCCC(C)N)c(OC)c1. The summed E-state index contributed by atoms with van der Waals surface area (Å²) in [6.45, 7) is 4.88. The Bertz CT molecular complexity index is 350. The molecule has 1 aromatic rings. The summed E-state index contributed by atoms with van der Waals surface area (Å²) in [6, 6.07) is 6.39. The number of nitrogens with two attached hydrogens (primary N) is 1. The van der Waals surface area contributed by atoms with Gasteiger partial charge in [0.05, 0.1) is 13.7 Å². The Hall–Kier alpha value is -1.22. The van der Waals surface area contributed by atoms with E-state index in [1.165, 1.54) is 5.56 Å². The maximum atomic E-state index is 5.74. The average Bonchev–Trinajstić information content (AvgIpc) is 2.38. The molecule has 1 unspecified atom stereocenters. The van der Waals surface area contributed by atoms with E-state index in [0.717, 1.165) is 37.2 Å². The molecule has 0 bridgehead atoms. The van der Waals surface area contributed by atoms with E-state index in [9.17, 15) is 0 Å². The fourth-order valence-electron chi connectivity index (χ4n) is 1.80. The quantitative estimate of drug-likeness (QED) is 0.722. The van der Waals surface area contributed by atoms with Crippen molar-refractivity contribution < 1.29 is 9.47 Å². The van der Waals surface area contributed by atoms with Crippen LogP contribution >= 0.6 is 0 Å². The van der Waals surface area contributed by atoms with E-state index in [1.807, 2.05) is 19.1 Å². The van der Waals surface area contributed by atoms with Crippen LogP contribution in [0.1, 0.15) is 38.7 Å². The van der Waals surface area contributed by atoms with Crippen LogP contribution in [0.3, 0.4) is 0 Å². The van der Waals surface area contributed by atoms with Crippen LogP contribution in [-0.4, -0.2) is 19.8 Å². The summed E-state index contributed by atoms with van der Waals surface area (Å²) in [7, 11) is 1.68. The van der Waals surface area contributed by atoms with Crippen molar-refractivity contribution in [2.24, 2.45) is 5.73 Å². The third-order valence-electron chi connectivity index (χ3n) is 2.95. The first-order valence-electron chi connectivity index (χ1n) is 6.72. The van der Waals surface area contributed by atoms with Crippen LogP contribution < -0.4 is 15.2 Å². The average molecular weight is 251 g/mol. The molecule has 0 radical (unpaired) electrons. The maximum Gasteiger partial charge on any atom is 0.161 e. The summed E-state index contributed by atoms with van der Waals surface area (Å²) in [6.07, 6.45) is 4.19. The maximum absolute atomic E-state index is 5.74. The lowest BCUT2D eigenvalue weighted by molar-refractivity contribution is 0.284. The van der Waals surface area contributed by atoms with Crippen molar-refractivity contribution in [3.63, 3.8) is 0 Å². The number of hydrogen-bond acceptors (Lipinski definition) is 3. The van der Waals surface area contributed by atoms with Crippen molar-refractivity contribution in [1.29, 1.82) is 0 Å². The van der Waals surface area contributed by atoms with Crippen molar-refractivity contribution in [3.8, 4) is 11.5 Å². The molecule has 0 aliphatic carbocycles. The molecular weight excluding hydrogens is 226 g/mol. The minimum absolute atomic E-state index is 0.281. The molecule has 0 fully saturated rings. The highest BCUT2D eigenvalue weighted by atomic mass is 16.5. The number of unbranched alkanes of at least 4 members (excludes halogenated alkanes) is 1.